The molecule has 4 heterocycles. The van der Waals surface area contributed by atoms with E-state index in [0.717, 1.165) is 72.5 Å². The van der Waals surface area contributed by atoms with Crippen molar-refractivity contribution in [3.05, 3.63) is 56.6 Å². The molecule has 3 aromatic heterocycles. The van der Waals surface area contributed by atoms with Gasteiger partial charge in [-0.25, -0.2) is 4.98 Å². The fourth-order valence-electron chi connectivity index (χ4n) is 5.32. The van der Waals surface area contributed by atoms with Crippen molar-refractivity contribution >= 4 is 32.5 Å². The van der Waals surface area contributed by atoms with Gasteiger partial charge in [0, 0.05) is 22.0 Å². The third-order valence-corrected chi connectivity index (χ3v) is 8.13. The van der Waals surface area contributed by atoms with E-state index in [1.807, 2.05) is 6.07 Å². The molecule has 0 bridgehead atoms. The van der Waals surface area contributed by atoms with Crippen molar-refractivity contribution in [2.24, 2.45) is 0 Å². The molecule has 7 heteroatoms. The summed E-state index contributed by atoms with van der Waals surface area (Å²) in [5, 5.41) is 2.11. The summed E-state index contributed by atoms with van der Waals surface area (Å²) in [6.07, 6.45) is 7.64. The van der Waals surface area contributed by atoms with Crippen LogP contribution in [0.5, 0.6) is 5.75 Å². The van der Waals surface area contributed by atoms with Crippen LogP contribution in [0.3, 0.4) is 0 Å². The second-order valence-corrected chi connectivity index (χ2v) is 9.84. The van der Waals surface area contributed by atoms with Crippen LogP contribution in [0.2, 0.25) is 0 Å². The quantitative estimate of drug-likeness (QED) is 0.501. The number of fused-ring (bicyclic) bond motifs is 4. The topological polar surface area (TPSA) is 74.0 Å². The highest BCUT2D eigenvalue weighted by molar-refractivity contribution is 7.18. The van der Waals surface area contributed by atoms with Gasteiger partial charge in [-0.05, 0) is 80.4 Å². The summed E-state index contributed by atoms with van der Waals surface area (Å²) in [6.45, 7) is 2.72. The number of H-pyrrole nitrogens is 2. The molecule has 2 N–H and O–H groups in total. The number of methoxy groups -OCH3 is 1. The maximum atomic E-state index is 12.7. The predicted octanol–water partition coefficient (Wildman–Crippen LogP) is 4.34. The molecule has 6 rings (SSSR count). The summed E-state index contributed by atoms with van der Waals surface area (Å²) < 4.78 is 5.42. The average Bonchev–Trinajstić information content (AvgIpc) is 3.48. The Hall–Kier alpha value is -2.64. The number of likely N-dealkylation sites (tertiary alicyclic amines) is 1. The van der Waals surface area contributed by atoms with E-state index >= 15 is 0 Å². The fraction of sp³-hybridized carbons (Fsp3) is 0.417. The summed E-state index contributed by atoms with van der Waals surface area (Å²) >= 11 is 1.72. The van der Waals surface area contributed by atoms with Gasteiger partial charge in [-0.2, -0.15) is 0 Å². The third kappa shape index (κ3) is 3.27. The second kappa shape index (κ2) is 7.50. The highest BCUT2D eigenvalue weighted by Gasteiger charge is 2.25. The summed E-state index contributed by atoms with van der Waals surface area (Å²) in [7, 11) is 1.71. The van der Waals surface area contributed by atoms with Crippen LogP contribution in [0.1, 0.15) is 47.0 Å². The van der Waals surface area contributed by atoms with Crippen LogP contribution in [-0.2, 0) is 19.4 Å². The van der Waals surface area contributed by atoms with Gasteiger partial charge in [0.2, 0.25) is 0 Å². The Morgan fingerprint density at radius 3 is 2.97 bits per heavy atom. The fourth-order valence-corrected chi connectivity index (χ4v) is 6.60. The summed E-state index contributed by atoms with van der Waals surface area (Å²) in [4.78, 5) is 28.7. The monoisotopic (exact) mass is 434 g/mol. The predicted molar refractivity (Wildman–Crippen MR) is 124 cm³/mol. The van der Waals surface area contributed by atoms with Crippen molar-refractivity contribution in [1.82, 2.24) is 19.9 Å². The minimum absolute atomic E-state index is 0.0435. The van der Waals surface area contributed by atoms with E-state index in [1.165, 1.54) is 21.4 Å². The number of piperidine rings is 1. The van der Waals surface area contributed by atoms with Crippen LogP contribution in [0.15, 0.2) is 29.2 Å². The van der Waals surface area contributed by atoms with E-state index in [0.29, 0.717) is 12.5 Å². The Morgan fingerprint density at radius 1 is 1.26 bits per heavy atom. The lowest BCUT2D eigenvalue weighted by Crippen LogP contribution is -2.33. The first-order valence-corrected chi connectivity index (χ1v) is 11.9. The minimum atomic E-state index is 0.0435. The van der Waals surface area contributed by atoms with Crippen LogP contribution in [0.25, 0.3) is 21.1 Å². The lowest BCUT2D eigenvalue weighted by Gasteiger charge is -2.31. The molecule has 1 aliphatic heterocycles. The van der Waals surface area contributed by atoms with E-state index in [9.17, 15) is 4.79 Å². The normalized spacial score (nSPS) is 17.6. The largest absolute Gasteiger partial charge is 0.497 e. The highest BCUT2D eigenvalue weighted by atomic mass is 32.1. The first-order chi connectivity index (χ1) is 15.2. The number of hydrogen-bond acceptors (Lipinski definition) is 5. The van der Waals surface area contributed by atoms with Crippen molar-refractivity contribution in [3.63, 3.8) is 0 Å². The zero-order chi connectivity index (χ0) is 20.9. The number of ether oxygens (including phenoxy) is 1. The minimum Gasteiger partial charge on any atom is -0.497 e. The lowest BCUT2D eigenvalue weighted by molar-refractivity contribution is 0.200. The van der Waals surface area contributed by atoms with E-state index < -0.39 is 0 Å². The van der Waals surface area contributed by atoms with E-state index in [4.69, 9.17) is 9.72 Å². The molecule has 160 valence electrons. The summed E-state index contributed by atoms with van der Waals surface area (Å²) in [6, 6.07) is 6.22. The molecule has 6 nitrogen and oxygen atoms in total. The molecule has 1 saturated heterocycles. The van der Waals surface area contributed by atoms with Gasteiger partial charge in [0.05, 0.1) is 19.0 Å². The van der Waals surface area contributed by atoms with Crippen LogP contribution in [0.4, 0.5) is 0 Å². The number of aromatic amines is 2. The van der Waals surface area contributed by atoms with Gasteiger partial charge in [0.1, 0.15) is 16.4 Å². The third-order valence-electron chi connectivity index (χ3n) is 6.95. The van der Waals surface area contributed by atoms with Crippen molar-refractivity contribution < 1.29 is 4.74 Å². The van der Waals surface area contributed by atoms with E-state index in [1.54, 1.807) is 18.4 Å². The maximum absolute atomic E-state index is 12.7. The summed E-state index contributed by atoms with van der Waals surface area (Å²) in [5.74, 6) is 2.23. The number of aryl methyl sites for hydroxylation is 2. The standard InChI is InChI=1S/C24H26N4O2S/c1-30-15-5-6-19-17(11-15)18(12-25-19)14-7-9-28(10-8-14)13-21-26-23(29)22-16-3-2-4-20(16)31-24(22)27-21/h5-6,11-12,14,25H,2-4,7-10,13H2,1H3,(H,26,27,29). The maximum Gasteiger partial charge on any atom is 0.259 e. The zero-order valence-electron chi connectivity index (χ0n) is 17.7. The molecule has 0 atom stereocenters. The molecule has 0 amide bonds. The molecule has 0 saturated carbocycles. The SMILES string of the molecule is COc1ccc2[nH]cc(C3CCN(Cc4nc5sc6c(c5c(=O)[nH]4)CCC6)CC3)c2c1. The Balaban J connectivity index is 1.18. The van der Waals surface area contributed by atoms with Crippen molar-refractivity contribution in [3.8, 4) is 5.75 Å². The van der Waals surface area contributed by atoms with Crippen LogP contribution in [-0.4, -0.2) is 40.1 Å². The van der Waals surface area contributed by atoms with Gasteiger partial charge in [0.15, 0.2) is 0 Å². The molecule has 1 fully saturated rings. The van der Waals surface area contributed by atoms with Gasteiger partial charge in [-0.3, -0.25) is 9.69 Å². The molecule has 0 unspecified atom stereocenters. The zero-order valence-corrected chi connectivity index (χ0v) is 18.5. The molecular formula is C24H26N4O2S. The van der Waals surface area contributed by atoms with E-state index in [2.05, 4.69) is 33.2 Å². The van der Waals surface area contributed by atoms with Gasteiger partial charge < -0.3 is 14.7 Å². The van der Waals surface area contributed by atoms with Crippen LogP contribution >= 0.6 is 11.3 Å². The Kier molecular flexibility index (Phi) is 4.61. The number of rotatable bonds is 4. The molecule has 2 aliphatic rings. The van der Waals surface area contributed by atoms with Crippen molar-refractivity contribution in [2.75, 3.05) is 20.2 Å². The number of nitrogens with zero attached hydrogens (tertiary/aromatic N) is 2. The Morgan fingerprint density at radius 2 is 2.13 bits per heavy atom. The first-order valence-electron chi connectivity index (χ1n) is 11.1. The van der Waals surface area contributed by atoms with Crippen LogP contribution in [0, 0.1) is 0 Å². The summed E-state index contributed by atoms with van der Waals surface area (Å²) in [5.41, 5.74) is 3.84. The molecule has 4 aromatic rings. The number of aromatic nitrogens is 3. The smallest absolute Gasteiger partial charge is 0.259 e. The Bertz CT molecular complexity index is 1330. The van der Waals surface area contributed by atoms with Gasteiger partial charge in [-0.1, -0.05) is 0 Å². The second-order valence-electron chi connectivity index (χ2n) is 8.76. The van der Waals surface area contributed by atoms with Gasteiger partial charge in [0.25, 0.3) is 5.56 Å². The molecular weight excluding hydrogens is 408 g/mol. The van der Waals surface area contributed by atoms with Gasteiger partial charge >= 0.3 is 0 Å². The van der Waals surface area contributed by atoms with E-state index in [-0.39, 0.29) is 5.56 Å². The number of hydrogen-bond donors (Lipinski definition) is 2. The first kappa shape index (κ1) is 19.1. The number of benzene rings is 1. The molecule has 1 aliphatic carbocycles. The average molecular weight is 435 g/mol. The number of nitrogens with one attached hydrogen (secondary N) is 2. The van der Waals surface area contributed by atoms with Gasteiger partial charge in [-0.15, -0.1) is 11.3 Å². The van der Waals surface area contributed by atoms with Crippen molar-refractivity contribution in [2.45, 2.75) is 44.6 Å². The molecule has 0 spiro atoms. The number of thiophene rings is 1. The molecule has 0 radical (unpaired) electrons. The lowest BCUT2D eigenvalue weighted by atomic mass is 9.89. The molecule has 1 aromatic carbocycles. The van der Waals surface area contributed by atoms with Crippen molar-refractivity contribution in [1.29, 1.82) is 0 Å². The Labute approximate surface area is 184 Å². The highest BCUT2D eigenvalue weighted by Crippen LogP contribution is 2.36. The molecule has 31 heavy (non-hydrogen) atoms. The van der Waals surface area contributed by atoms with Crippen LogP contribution < -0.4 is 10.3 Å².